The lowest BCUT2D eigenvalue weighted by Gasteiger charge is -2.05. The summed E-state index contributed by atoms with van der Waals surface area (Å²) in [5.41, 5.74) is 1.03. The molecule has 0 heterocycles. The van der Waals surface area contributed by atoms with Gasteiger partial charge in [-0.1, -0.05) is 24.3 Å². The van der Waals surface area contributed by atoms with E-state index < -0.39 is 11.6 Å². The van der Waals surface area contributed by atoms with Gasteiger partial charge in [-0.2, -0.15) is 0 Å². The van der Waals surface area contributed by atoms with Gasteiger partial charge in [-0.05, 0) is 36.1 Å². The highest BCUT2D eigenvalue weighted by molar-refractivity contribution is 5.36. The van der Waals surface area contributed by atoms with Gasteiger partial charge in [-0.3, -0.25) is 0 Å². The number of rotatable bonds is 3. The smallest absolute Gasteiger partial charge is 0.129 e. The third-order valence-corrected chi connectivity index (χ3v) is 2.50. The Morgan fingerprint density at radius 3 is 2.53 bits per heavy atom. The molecule has 0 aliphatic carbocycles. The monoisotopic (exact) mass is 233 g/mol. The van der Waals surface area contributed by atoms with Crippen LogP contribution in [0.4, 0.5) is 8.78 Å². The Bertz CT molecular complexity index is 523. The molecular formula is C14H11F2O. The molecule has 17 heavy (non-hydrogen) atoms. The van der Waals surface area contributed by atoms with Gasteiger partial charge in [0.25, 0.3) is 0 Å². The Morgan fingerprint density at radius 2 is 1.82 bits per heavy atom. The molecular weight excluding hydrogens is 222 g/mol. The number of hydrogen-bond donors (Lipinski definition) is 1. The molecule has 3 heteroatoms. The van der Waals surface area contributed by atoms with Crippen molar-refractivity contribution < 1.29 is 13.9 Å². The van der Waals surface area contributed by atoms with Crippen LogP contribution in [-0.2, 0) is 6.42 Å². The molecule has 1 radical (unpaired) electrons. The standard InChI is InChI=1S/C14H11F2O/c15-12-8-7-10(13(16)9-12)5-6-11-3-1-2-4-14(11)17/h1-5,7-9,17H,6H2. The molecule has 0 spiro atoms. The van der Waals surface area contributed by atoms with E-state index in [2.05, 4.69) is 0 Å². The van der Waals surface area contributed by atoms with E-state index in [-0.39, 0.29) is 5.75 Å². The van der Waals surface area contributed by atoms with Gasteiger partial charge in [0.1, 0.15) is 17.4 Å². The molecule has 0 aliphatic rings. The maximum absolute atomic E-state index is 13.3. The molecule has 0 atom stereocenters. The van der Waals surface area contributed by atoms with Crippen molar-refractivity contribution in [3.8, 4) is 5.75 Å². The first-order valence-electron chi connectivity index (χ1n) is 5.22. The predicted octanol–water partition coefficient (Wildman–Crippen LogP) is 3.47. The summed E-state index contributed by atoms with van der Waals surface area (Å²) < 4.78 is 26.0. The number of halogens is 2. The van der Waals surface area contributed by atoms with Crippen LogP contribution in [0.3, 0.4) is 0 Å². The predicted molar refractivity (Wildman–Crippen MR) is 61.6 cm³/mol. The first kappa shape index (κ1) is 11.6. The van der Waals surface area contributed by atoms with E-state index in [0.717, 1.165) is 6.07 Å². The second-order valence-electron chi connectivity index (χ2n) is 3.70. The van der Waals surface area contributed by atoms with Crippen LogP contribution in [0.15, 0.2) is 42.5 Å². The molecule has 0 fully saturated rings. The van der Waals surface area contributed by atoms with Gasteiger partial charge in [-0.25, -0.2) is 8.78 Å². The van der Waals surface area contributed by atoms with Crippen LogP contribution < -0.4 is 0 Å². The molecule has 0 amide bonds. The summed E-state index contributed by atoms with van der Waals surface area (Å²) in [6.45, 7) is 0. The average Bonchev–Trinajstić information content (AvgIpc) is 2.30. The third kappa shape index (κ3) is 2.81. The summed E-state index contributed by atoms with van der Waals surface area (Å²) in [7, 11) is 0. The average molecular weight is 233 g/mol. The van der Waals surface area contributed by atoms with E-state index in [1.807, 2.05) is 0 Å². The SMILES string of the molecule is Oc1ccccc1C[CH]c1ccc(F)cc1F. The number of phenolic OH excluding ortho intramolecular Hbond substituents is 1. The Morgan fingerprint density at radius 1 is 1.06 bits per heavy atom. The van der Waals surface area contributed by atoms with Crippen LogP contribution in [0.1, 0.15) is 11.1 Å². The third-order valence-electron chi connectivity index (χ3n) is 2.50. The molecule has 1 N–H and O–H groups in total. The highest BCUT2D eigenvalue weighted by atomic mass is 19.1. The largest absolute Gasteiger partial charge is 0.508 e. The van der Waals surface area contributed by atoms with Crippen LogP contribution in [0.5, 0.6) is 5.75 Å². The number of phenols is 1. The molecule has 1 nitrogen and oxygen atoms in total. The molecule has 0 aromatic heterocycles. The minimum atomic E-state index is -0.597. The molecule has 0 unspecified atom stereocenters. The van der Waals surface area contributed by atoms with E-state index in [4.69, 9.17) is 0 Å². The fraction of sp³-hybridized carbons (Fsp3) is 0.0714. The zero-order valence-electron chi connectivity index (χ0n) is 9.03. The lowest BCUT2D eigenvalue weighted by molar-refractivity contribution is 0.469. The quantitative estimate of drug-likeness (QED) is 0.860. The zero-order valence-corrected chi connectivity index (χ0v) is 9.03. The van der Waals surface area contributed by atoms with Gasteiger partial charge in [0.15, 0.2) is 0 Å². The fourth-order valence-electron chi connectivity index (χ4n) is 1.57. The second kappa shape index (κ2) is 4.95. The first-order chi connectivity index (χ1) is 8.16. The maximum atomic E-state index is 13.3. The minimum Gasteiger partial charge on any atom is -0.508 e. The van der Waals surface area contributed by atoms with E-state index in [1.54, 1.807) is 30.7 Å². The van der Waals surface area contributed by atoms with E-state index >= 15 is 0 Å². The van der Waals surface area contributed by atoms with Crippen molar-refractivity contribution in [2.45, 2.75) is 6.42 Å². The molecule has 2 aromatic carbocycles. The Balaban J connectivity index is 2.10. The van der Waals surface area contributed by atoms with Crippen LogP contribution >= 0.6 is 0 Å². The number of hydrogen-bond acceptors (Lipinski definition) is 1. The van der Waals surface area contributed by atoms with Crippen molar-refractivity contribution in [1.29, 1.82) is 0 Å². The topological polar surface area (TPSA) is 20.2 Å². The maximum Gasteiger partial charge on any atom is 0.129 e. The van der Waals surface area contributed by atoms with E-state index in [9.17, 15) is 13.9 Å². The first-order valence-corrected chi connectivity index (χ1v) is 5.22. The van der Waals surface area contributed by atoms with Crippen LogP contribution in [-0.4, -0.2) is 5.11 Å². The van der Waals surface area contributed by atoms with Crippen molar-refractivity contribution in [2.24, 2.45) is 0 Å². The van der Waals surface area contributed by atoms with E-state index in [1.165, 1.54) is 12.1 Å². The van der Waals surface area contributed by atoms with Crippen molar-refractivity contribution >= 4 is 0 Å². The van der Waals surface area contributed by atoms with Gasteiger partial charge in [-0.15, -0.1) is 0 Å². The number of benzene rings is 2. The van der Waals surface area contributed by atoms with Gasteiger partial charge in [0, 0.05) is 6.07 Å². The van der Waals surface area contributed by atoms with Crippen LogP contribution in [0.2, 0.25) is 0 Å². The lowest BCUT2D eigenvalue weighted by atomic mass is 10.0. The second-order valence-corrected chi connectivity index (χ2v) is 3.70. The summed E-state index contributed by atoms with van der Waals surface area (Å²) in [6, 6.07) is 10.3. The van der Waals surface area contributed by atoms with Crippen molar-refractivity contribution in [2.75, 3.05) is 0 Å². The molecule has 0 saturated carbocycles. The van der Waals surface area contributed by atoms with Gasteiger partial charge >= 0.3 is 0 Å². The summed E-state index contributed by atoms with van der Waals surface area (Å²) in [5.74, 6) is -1.02. The minimum absolute atomic E-state index is 0.172. The molecule has 87 valence electrons. The molecule has 0 saturated heterocycles. The van der Waals surface area contributed by atoms with E-state index in [0.29, 0.717) is 17.5 Å². The molecule has 2 aromatic rings. The van der Waals surface area contributed by atoms with Crippen molar-refractivity contribution in [3.05, 3.63) is 71.6 Å². The zero-order chi connectivity index (χ0) is 12.3. The van der Waals surface area contributed by atoms with Crippen LogP contribution in [0.25, 0.3) is 0 Å². The lowest BCUT2D eigenvalue weighted by Crippen LogP contribution is -1.93. The number of para-hydroxylation sites is 1. The fourth-order valence-corrected chi connectivity index (χ4v) is 1.57. The van der Waals surface area contributed by atoms with Crippen molar-refractivity contribution in [1.82, 2.24) is 0 Å². The van der Waals surface area contributed by atoms with Crippen LogP contribution in [0, 0.1) is 18.1 Å². The Hall–Kier alpha value is -1.90. The summed E-state index contributed by atoms with van der Waals surface area (Å²) in [4.78, 5) is 0. The number of aromatic hydroxyl groups is 1. The van der Waals surface area contributed by atoms with Crippen molar-refractivity contribution in [3.63, 3.8) is 0 Å². The molecule has 0 bridgehead atoms. The normalized spacial score (nSPS) is 10.5. The Labute approximate surface area is 98.3 Å². The van der Waals surface area contributed by atoms with Gasteiger partial charge in [0.2, 0.25) is 0 Å². The summed E-state index contributed by atoms with van der Waals surface area (Å²) in [6.07, 6.45) is 2.01. The molecule has 0 aliphatic heterocycles. The highest BCUT2D eigenvalue weighted by Gasteiger charge is 2.06. The van der Waals surface area contributed by atoms with Gasteiger partial charge < -0.3 is 5.11 Å². The highest BCUT2D eigenvalue weighted by Crippen LogP contribution is 2.20. The Kier molecular flexibility index (Phi) is 3.38. The summed E-state index contributed by atoms with van der Waals surface area (Å²) in [5, 5.41) is 9.53. The summed E-state index contributed by atoms with van der Waals surface area (Å²) >= 11 is 0. The molecule has 2 rings (SSSR count). The van der Waals surface area contributed by atoms with Gasteiger partial charge in [0.05, 0.1) is 0 Å².